The summed E-state index contributed by atoms with van der Waals surface area (Å²) >= 11 is 5.94. The van der Waals surface area contributed by atoms with Crippen molar-refractivity contribution in [2.24, 2.45) is 5.41 Å². The van der Waals surface area contributed by atoms with Crippen LogP contribution >= 0.6 is 11.6 Å². The predicted molar refractivity (Wildman–Crippen MR) is 81.3 cm³/mol. The number of nitrogens with zero attached hydrogens (tertiary/aromatic N) is 1. The highest BCUT2D eigenvalue weighted by Crippen LogP contribution is 2.29. The summed E-state index contributed by atoms with van der Waals surface area (Å²) in [6.07, 6.45) is 1.79. The zero-order chi connectivity index (χ0) is 13.9. The van der Waals surface area contributed by atoms with Gasteiger partial charge in [-0.2, -0.15) is 0 Å². The van der Waals surface area contributed by atoms with Gasteiger partial charge in [0.25, 0.3) is 0 Å². The second kappa shape index (κ2) is 5.66. The molecule has 1 heterocycles. The normalized spacial score (nSPS) is 11.6. The van der Waals surface area contributed by atoms with Crippen LogP contribution in [0.2, 0.25) is 0 Å². The number of anilines is 1. The third kappa shape index (κ3) is 3.10. The summed E-state index contributed by atoms with van der Waals surface area (Å²) in [6, 6.07) is 7.93. The SMILES string of the molecule is COc1cccc2c(NCC(C)(C)CCl)nccc12. The minimum absolute atomic E-state index is 0.0320. The summed E-state index contributed by atoms with van der Waals surface area (Å²) in [4.78, 5) is 4.41. The van der Waals surface area contributed by atoms with Crippen molar-refractivity contribution in [2.75, 3.05) is 24.9 Å². The molecule has 0 aliphatic rings. The Kier molecular flexibility index (Phi) is 4.15. The molecule has 0 radical (unpaired) electrons. The van der Waals surface area contributed by atoms with Crippen molar-refractivity contribution >= 4 is 28.2 Å². The van der Waals surface area contributed by atoms with Crippen molar-refractivity contribution < 1.29 is 4.74 Å². The van der Waals surface area contributed by atoms with Gasteiger partial charge in [-0.05, 0) is 17.5 Å². The molecular weight excluding hydrogens is 260 g/mol. The zero-order valence-corrected chi connectivity index (χ0v) is 12.3. The van der Waals surface area contributed by atoms with E-state index in [4.69, 9.17) is 16.3 Å². The number of methoxy groups -OCH3 is 1. The second-order valence-electron chi connectivity index (χ2n) is 5.37. The van der Waals surface area contributed by atoms with E-state index in [0.717, 1.165) is 28.9 Å². The number of aromatic nitrogens is 1. The summed E-state index contributed by atoms with van der Waals surface area (Å²) in [7, 11) is 1.68. The second-order valence-corrected chi connectivity index (χ2v) is 5.63. The molecule has 2 aromatic rings. The van der Waals surface area contributed by atoms with Crippen LogP contribution in [0.5, 0.6) is 5.75 Å². The fourth-order valence-corrected chi connectivity index (χ4v) is 1.96. The number of halogens is 1. The highest BCUT2D eigenvalue weighted by atomic mass is 35.5. The van der Waals surface area contributed by atoms with E-state index in [-0.39, 0.29) is 5.41 Å². The van der Waals surface area contributed by atoms with Crippen LogP contribution in [0.1, 0.15) is 13.8 Å². The van der Waals surface area contributed by atoms with E-state index in [9.17, 15) is 0 Å². The molecule has 0 saturated heterocycles. The van der Waals surface area contributed by atoms with Crippen LogP contribution in [0.3, 0.4) is 0 Å². The highest BCUT2D eigenvalue weighted by Gasteiger charge is 2.17. The van der Waals surface area contributed by atoms with Gasteiger partial charge in [0.05, 0.1) is 7.11 Å². The summed E-state index contributed by atoms with van der Waals surface area (Å²) in [5, 5.41) is 5.50. The lowest BCUT2D eigenvalue weighted by Gasteiger charge is -2.22. The van der Waals surface area contributed by atoms with E-state index in [1.54, 1.807) is 13.3 Å². The van der Waals surface area contributed by atoms with Gasteiger partial charge in [0.1, 0.15) is 11.6 Å². The number of pyridine rings is 1. The van der Waals surface area contributed by atoms with E-state index >= 15 is 0 Å². The van der Waals surface area contributed by atoms with Gasteiger partial charge >= 0.3 is 0 Å². The minimum atomic E-state index is 0.0320. The number of benzene rings is 1. The number of alkyl halides is 1. The van der Waals surface area contributed by atoms with E-state index in [1.807, 2.05) is 24.3 Å². The van der Waals surface area contributed by atoms with Gasteiger partial charge in [-0.3, -0.25) is 0 Å². The third-order valence-corrected chi connectivity index (χ3v) is 3.81. The van der Waals surface area contributed by atoms with Crippen LogP contribution in [-0.2, 0) is 0 Å². The number of nitrogens with one attached hydrogen (secondary N) is 1. The van der Waals surface area contributed by atoms with E-state index in [2.05, 4.69) is 24.1 Å². The molecule has 0 atom stereocenters. The predicted octanol–water partition coefficient (Wildman–Crippen LogP) is 3.92. The highest BCUT2D eigenvalue weighted by molar-refractivity contribution is 6.18. The maximum absolute atomic E-state index is 5.94. The summed E-state index contributed by atoms with van der Waals surface area (Å²) in [5.41, 5.74) is 0.0320. The maximum atomic E-state index is 5.94. The summed E-state index contributed by atoms with van der Waals surface area (Å²) in [5.74, 6) is 2.34. The first-order valence-corrected chi connectivity index (χ1v) is 6.82. The molecule has 0 unspecified atom stereocenters. The van der Waals surface area contributed by atoms with E-state index < -0.39 is 0 Å². The Morgan fingerprint density at radius 1 is 1.26 bits per heavy atom. The largest absolute Gasteiger partial charge is 0.496 e. The van der Waals surface area contributed by atoms with Crippen LogP contribution in [0, 0.1) is 5.41 Å². The Bertz CT molecular complexity index is 569. The molecule has 4 heteroatoms. The van der Waals surface area contributed by atoms with Gasteiger partial charge in [-0.1, -0.05) is 26.0 Å². The first-order chi connectivity index (χ1) is 9.07. The Hall–Kier alpha value is -1.48. The Balaban J connectivity index is 2.34. The quantitative estimate of drug-likeness (QED) is 0.842. The Labute approximate surface area is 118 Å². The van der Waals surface area contributed by atoms with Crippen molar-refractivity contribution in [1.82, 2.24) is 4.98 Å². The van der Waals surface area contributed by atoms with Crippen LogP contribution in [0.4, 0.5) is 5.82 Å². The van der Waals surface area contributed by atoms with Gasteiger partial charge in [0, 0.05) is 29.4 Å². The number of fused-ring (bicyclic) bond motifs is 1. The fourth-order valence-electron chi connectivity index (χ4n) is 1.87. The van der Waals surface area contributed by atoms with E-state index in [0.29, 0.717) is 5.88 Å². The maximum Gasteiger partial charge on any atom is 0.133 e. The standard InChI is InChI=1S/C15H19ClN2O/c1-15(2,9-16)10-18-14-12-5-4-6-13(19-3)11(12)7-8-17-14/h4-8H,9-10H2,1-3H3,(H,17,18). The van der Waals surface area contributed by atoms with Gasteiger partial charge in [0.2, 0.25) is 0 Å². The molecule has 102 valence electrons. The molecule has 1 aromatic heterocycles. The number of hydrogen-bond acceptors (Lipinski definition) is 3. The monoisotopic (exact) mass is 278 g/mol. The molecule has 0 fully saturated rings. The van der Waals surface area contributed by atoms with Crippen LogP contribution in [0.25, 0.3) is 10.8 Å². The van der Waals surface area contributed by atoms with Gasteiger partial charge < -0.3 is 10.1 Å². The van der Waals surface area contributed by atoms with Crippen LogP contribution in [-0.4, -0.2) is 24.5 Å². The molecule has 0 bridgehead atoms. The molecule has 1 N–H and O–H groups in total. The van der Waals surface area contributed by atoms with Crippen LogP contribution < -0.4 is 10.1 Å². The first kappa shape index (κ1) is 13.9. The lowest BCUT2D eigenvalue weighted by Crippen LogP contribution is -2.25. The molecule has 0 saturated carbocycles. The molecule has 0 spiro atoms. The molecular formula is C15H19ClN2O. The molecule has 0 amide bonds. The molecule has 0 aliphatic heterocycles. The molecule has 19 heavy (non-hydrogen) atoms. The third-order valence-electron chi connectivity index (χ3n) is 3.08. The summed E-state index contributed by atoms with van der Waals surface area (Å²) < 4.78 is 5.37. The first-order valence-electron chi connectivity index (χ1n) is 6.29. The lowest BCUT2D eigenvalue weighted by atomic mass is 9.96. The van der Waals surface area contributed by atoms with Gasteiger partial charge in [-0.25, -0.2) is 4.98 Å². The van der Waals surface area contributed by atoms with E-state index in [1.165, 1.54) is 0 Å². The lowest BCUT2D eigenvalue weighted by molar-refractivity contribution is 0.420. The van der Waals surface area contributed by atoms with Crippen molar-refractivity contribution in [2.45, 2.75) is 13.8 Å². The minimum Gasteiger partial charge on any atom is -0.496 e. The summed E-state index contributed by atoms with van der Waals surface area (Å²) in [6.45, 7) is 5.03. The number of rotatable bonds is 5. The Morgan fingerprint density at radius 3 is 2.74 bits per heavy atom. The van der Waals surface area contributed by atoms with Crippen molar-refractivity contribution in [3.8, 4) is 5.75 Å². The topological polar surface area (TPSA) is 34.1 Å². The average molecular weight is 279 g/mol. The van der Waals surface area contributed by atoms with Crippen molar-refractivity contribution in [3.05, 3.63) is 30.5 Å². The Morgan fingerprint density at radius 2 is 2.05 bits per heavy atom. The molecule has 3 nitrogen and oxygen atoms in total. The fraction of sp³-hybridized carbons (Fsp3) is 0.400. The zero-order valence-electron chi connectivity index (χ0n) is 11.5. The molecule has 2 rings (SSSR count). The van der Waals surface area contributed by atoms with Crippen LogP contribution in [0.15, 0.2) is 30.5 Å². The van der Waals surface area contributed by atoms with Crippen molar-refractivity contribution in [3.63, 3.8) is 0 Å². The number of hydrogen-bond donors (Lipinski definition) is 1. The number of ether oxygens (including phenoxy) is 1. The van der Waals surface area contributed by atoms with Gasteiger partial charge in [0.15, 0.2) is 0 Å². The molecule has 1 aromatic carbocycles. The smallest absolute Gasteiger partial charge is 0.133 e. The molecule has 0 aliphatic carbocycles. The van der Waals surface area contributed by atoms with Crippen molar-refractivity contribution in [1.29, 1.82) is 0 Å². The van der Waals surface area contributed by atoms with Gasteiger partial charge in [-0.15, -0.1) is 11.6 Å². The average Bonchev–Trinajstić information content (AvgIpc) is 2.44.